The average Bonchev–Trinajstić information content (AvgIpc) is 2.66. The lowest BCUT2D eigenvalue weighted by atomic mass is 10.2. The lowest BCUT2D eigenvalue weighted by Gasteiger charge is -2.05. The number of hydrogen-bond donors (Lipinski definition) is 2. The van der Waals surface area contributed by atoms with Crippen LogP contribution in [0.3, 0.4) is 0 Å². The molecule has 1 aromatic rings. The Morgan fingerprint density at radius 3 is 2.67 bits per heavy atom. The van der Waals surface area contributed by atoms with Crippen LogP contribution in [0.4, 0.5) is 0 Å². The van der Waals surface area contributed by atoms with E-state index in [0.717, 1.165) is 0 Å². The zero-order chi connectivity index (χ0) is 13.0. The van der Waals surface area contributed by atoms with E-state index in [0.29, 0.717) is 17.1 Å². The summed E-state index contributed by atoms with van der Waals surface area (Å²) >= 11 is 0. The molecule has 0 unspecified atom stereocenters. The molecule has 0 aliphatic carbocycles. The molecule has 1 atom stereocenters. The summed E-state index contributed by atoms with van der Waals surface area (Å²) in [5, 5.41) is 2.59. The van der Waals surface area contributed by atoms with Gasteiger partial charge in [-0.05, 0) is 19.9 Å². The summed E-state index contributed by atoms with van der Waals surface area (Å²) in [6, 6.07) is 0.967. The largest absolute Gasteiger partial charge is 0.465 e. The molecule has 3 N–H and O–H groups in total. The highest BCUT2D eigenvalue weighted by molar-refractivity contribution is 5.90. The third-order valence-electron chi connectivity index (χ3n) is 2.22. The van der Waals surface area contributed by atoms with E-state index in [2.05, 4.69) is 10.1 Å². The number of methoxy groups -OCH3 is 1. The number of amides is 1. The molecule has 102 valence electrons. The number of hydrogen-bond acceptors (Lipinski definition) is 5. The summed E-state index contributed by atoms with van der Waals surface area (Å²) in [5.74, 6) is 0.202. The summed E-state index contributed by atoms with van der Waals surface area (Å²) in [6.45, 7) is 3.43. The number of rotatable bonds is 4. The van der Waals surface area contributed by atoms with Crippen LogP contribution >= 0.6 is 12.4 Å². The molecule has 6 nitrogen and oxygen atoms in total. The van der Waals surface area contributed by atoms with Gasteiger partial charge < -0.3 is 20.2 Å². The van der Waals surface area contributed by atoms with E-state index >= 15 is 0 Å². The Bertz CT molecular complexity index is 429. The highest BCUT2D eigenvalue weighted by atomic mass is 35.5. The highest BCUT2D eigenvalue weighted by Crippen LogP contribution is 2.15. The number of carbonyl (C=O) groups excluding carboxylic acids is 2. The number of aryl methyl sites for hydroxylation is 1. The van der Waals surface area contributed by atoms with E-state index < -0.39 is 12.0 Å². The second-order valence-electron chi connectivity index (χ2n) is 3.68. The normalized spacial score (nSPS) is 11.3. The van der Waals surface area contributed by atoms with Gasteiger partial charge in [0.2, 0.25) is 5.91 Å². The van der Waals surface area contributed by atoms with E-state index in [1.54, 1.807) is 19.9 Å². The first-order chi connectivity index (χ1) is 7.95. The third-order valence-corrected chi connectivity index (χ3v) is 2.22. The molecule has 1 heterocycles. The standard InChI is InChI=1S/C11H16N2O4.ClH/c1-6(12)10(14)13-5-8-4-9(7(2)17-8)11(15)16-3;/h4,6H,5,12H2,1-3H3,(H,13,14);1H/t6-;/m1./s1. The summed E-state index contributed by atoms with van der Waals surface area (Å²) in [7, 11) is 1.30. The quantitative estimate of drug-likeness (QED) is 0.792. The minimum absolute atomic E-state index is 0. The maximum atomic E-state index is 11.3. The SMILES string of the molecule is COC(=O)c1cc(CNC(=O)[C@@H](C)N)oc1C.Cl. The molecule has 0 radical (unpaired) electrons. The predicted octanol–water partition coefficient (Wildman–Crippen LogP) is 0.760. The molecule has 0 spiro atoms. The smallest absolute Gasteiger partial charge is 0.341 e. The maximum Gasteiger partial charge on any atom is 0.341 e. The van der Waals surface area contributed by atoms with Crippen molar-refractivity contribution in [3.05, 3.63) is 23.2 Å². The van der Waals surface area contributed by atoms with E-state index in [-0.39, 0.29) is 24.9 Å². The van der Waals surface area contributed by atoms with Gasteiger partial charge in [-0.2, -0.15) is 0 Å². The van der Waals surface area contributed by atoms with Crippen LogP contribution in [0, 0.1) is 6.92 Å². The van der Waals surface area contributed by atoms with E-state index in [1.807, 2.05) is 0 Å². The Kier molecular flexibility index (Phi) is 6.43. The van der Waals surface area contributed by atoms with E-state index in [4.69, 9.17) is 10.2 Å². The van der Waals surface area contributed by atoms with Crippen LogP contribution in [-0.4, -0.2) is 25.0 Å². The molecular formula is C11H17ClN2O4. The Morgan fingerprint density at radius 1 is 1.56 bits per heavy atom. The molecule has 18 heavy (non-hydrogen) atoms. The molecule has 0 aliphatic heterocycles. The molecule has 0 bridgehead atoms. The molecular weight excluding hydrogens is 260 g/mol. The zero-order valence-electron chi connectivity index (χ0n) is 10.5. The molecule has 1 aromatic heterocycles. The predicted molar refractivity (Wildman–Crippen MR) is 67.5 cm³/mol. The number of ether oxygens (including phenoxy) is 1. The van der Waals surface area contributed by atoms with E-state index in [1.165, 1.54) is 7.11 Å². The first-order valence-corrected chi connectivity index (χ1v) is 5.16. The number of halogens is 1. The minimum Gasteiger partial charge on any atom is -0.465 e. The van der Waals surface area contributed by atoms with Crippen LogP contribution in [0.5, 0.6) is 0 Å². The van der Waals surface area contributed by atoms with Gasteiger partial charge in [-0.25, -0.2) is 4.79 Å². The van der Waals surface area contributed by atoms with Gasteiger partial charge in [0.1, 0.15) is 17.1 Å². The van der Waals surface area contributed by atoms with Crippen molar-refractivity contribution in [1.82, 2.24) is 5.32 Å². The fourth-order valence-corrected chi connectivity index (χ4v) is 1.28. The van der Waals surface area contributed by atoms with Crippen LogP contribution in [0.25, 0.3) is 0 Å². The van der Waals surface area contributed by atoms with Crippen LogP contribution in [0.1, 0.15) is 28.8 Å². The molecule has 1 amide bonds. The van der Waals surface area contributed by atoms with Crippen molar-refractivity contribution in [3.8, 4) is 0 Å². The number of furan rings is 1. The van der Waals surface area contributed by atoms with Gasteiger partial charge in [0, 0.05) is 0 Å². The van der Waals surface area contributed by atoms with Gasteiger partial charge in [-0.3, -0.25) is 4.79 Å². The van der Waals surface area contributed by atoms with Crippen LogP contribution in [-0.2, 0) is 16.1 Å². The number of nitrogens with one attached hydrogen (secondary N) is 1. The minimum atomic E-state index is -0.578. The third kappa shape index (κ3) is 4.05. The van der Waals surface area contributed by atoms with Crippen molar-refractivity contribution < 1.29 is 18.7 Å². The first-order valence-electron chi connectivity index (χ1n) is 5.16. The van der Waals surface area contributed by atoms with Crippen LogP contribution in [0.2, 0.25) is 0 Å². The molecule has 0 aromatic carbocycles. The van der Waals surface area contributed by atoms with Crippen molar-refractivity contribution >= 4 is 24.3 Å². The molecule has 7 heteroatoms. The molecule has 0 fully saturated rings. The molecule has 0 aliphatic rings. The second-order valence-corrected chi connectivity index (χ2v) is 3.68. The van der Waals surface area contributed by atoms with Crippen molar-refractivity contribution in [3.63, 3.8) is 0 Å². The number of nitrogens with two attached hydrogens (primary N) is 1. The fraction of sp³-hybridized carbons (Fsp3) is 0.455. The maximum absolute atomic E-state index is 11.3. The number of carbonyl (C=O) groups is 2. The monoisotopic (exact) mass is 276 g/mol. The molecule has 0 saturated carbocycles. The lowest BCUT2D eigenvalue weighted by Crippen LogP contribution is -2.37. The van der Waals surface area contributed by atoms with Gasteiger partial charge >= 0.3 is 5.97 Å². The summed E-state index contributed by atoms with van der Waals surface area (Å²) in [6.07, 6.45) is 0. The Labute approximate surface area is 111 Å². The summed E-state index contributed by atoms with van der Waals surface area (Å²) in [5.41, 5.74) is 5.75. The Balaban J connectivity index is 0.00000289. The first kappa shape index (κ1) is 16.5. The highest BCUT2D eigenvalue weighted by Gasteiger charge is 2.16. The van der Waals surface area contributed by atoms with Crippen molar-refractivity contribution in [1.29, 1.82) is 0 Å². The van der Waals surface area contributed by atoms with E-state index in [9.17, 15) is 9.59 Å². The lowest BCUT2D eigenvalue weighted by molar-refractivity contribution is -0.122. The van der Waals surface area contributed by atoms with Gasteiger partial charge in [0.15, 0.2) is 0 Å². The zero-order valence-corrected chi connectivity index (χ0v) is 11.3. The van der Waals surface area contributed by atoms with Crippen molar-refractivity contribution in [2.75, 3.05) is 7.11 Å². The van der Waals surface area contributed by atoms with Gasteiger partial charge in [-0.1, -0.05) is 0 Å². The van der Waals surface area contributed by atoms with Gasteiger partial charge in [-0.15, -0.1) is 12.4 Å². The summed E-state index contributed by atoms with van der Waals surface area (Å²) < 4.78 is 9.90. The van der Waals surface area contributed by atoms with Crippen LogP contribution in [0.15, 0.2) is 10.5 Å². The summed E-state index contributed by atoms with van der Waals surface area (Å²) in [4.78, 5) is 22.5. The van der Waals surface area contributed by atoms with Gasteiger partial charge in [0.05, 0.1) is 19.7 Å². The molecule has 0 saturated heterocycles. The molecule has 1 rings (SSSR count). The van der Waals surface area contributed by atoms with Crippen molar-refractivity contribution in [2.24, 2.45) is 5.73 Å². The fourth-order valence-electron chi connectivity index (χ4n) is 1.28. The van der Waals surface area contributed by atoms with Crippen LogP contribution < -0.4 is 11.1 Å². The Hall–Kier alpha value is -1.53. The second kappa shape index (κ2) is 7.03. The average molecular weight is 277 g/mol. The van der Waals surface area contributed by atoms with Crippen molar-refractivity contribution in [2.45, 2.75) is 26.4 Å². The topological polar surface area (TPSA) is 94.6 Å². The Morgan fingerprint density at radius 2 is 2.17 bits per heavy atom. The number of esters is 1. The van der Waals surface area contributed by atoms with Gasteiger partial charge in [0.25, 0.3) is 0 Å².